The van der Waals surface area contributed by atoms with Crippen molar-refractivity contribution in [2.45, 2.75) is 6.92 Å². The monoisotopic (exact) mass is 297 g/mol. The number of nitrogens with two attached hydrogens (primary N) is 1. The Bertz CT molecular complexity index is 680. The maximum absolute atomic E-state index is 11.2. The van der Waals surface area contributed by atoms with E-state index in [-0.39, 0.29) is 5.69 Å². The predicted octanol–water partition coefficient (Wildman–Crippen LogP) is 1.21. The smallest absolute Gasteiger partial charge is 0.268 e. The quantitative estimate of drug-likeness (QED) is 0.921. The molecule has 1 amide bonds. The summed E-state index contributed by atoms with van der Waals surface area (Å²) in [7, 11) is 0. The van der Waals surface area contributed by atoms with E-state index in [1.165, 1.54) is 17.4 Å². The zero-order valence-electron chi connectivity index (χ0n) is 12.6. The Morgan fingerprint density at radius 1 is 1.09 bits per heavy atom. The van der Waals surface area contributed by atoms with E-state index >= 15 is 0 Å². The fraction of sp³-hybridized carbons (Fsp3) is 0.312. The molecule has 1 aromatic carbocycles. The molecule has 0 saturated carbocycles. The lowest BCUT2D eigenvalue weighted by molar-refractivity contribution is 0.0995. The van der Waals surface area contributed by atoms with Gasteiger partial charge < -0.3 is 15.5 Å². The zero-order valence-corrected chi connectivity index (χ0v) is 12.6. The van der Waals surface area contributed by atoms with Gasteiger partial charge in [0.15, 0.2) is 0 Å². The fourth-order valence-corrected chi connectivity index (χ4v) is 2.72. The second-order valence-corrected chi connectivity index (χ2v) is 5.39. The Balaban J connectivity index is 1.71. The number of aryl methyl sites for hydroxylation is 1. The largest absolute Gasteiger partial charge is 0.368 e. The number of rotatable bonds is 3. The van der Waals surface area contributed by atoms with Gasteiger partial charge in [-0.3, -0.25) is 9.78 Å². The number of hydrogen-bond acceptors (Lipinski definition) is 5. The number of carbonyl (C=O) groups excluding carboxylic acids is 1. The molecule has 2 heterocycles. The van der Waals surface area contributed by atoms with Crippen LogP contribution in [0.25, 0.3) is 0 Å². The van der Waals surface area contributed by atoms with Crippen LogP contribution in [0.1, 0.15) is 16.1 Å². The first-order chi connectivity index (χ1) is 10.6. The minimum absolute atomic E-state index is 0.207. The van der Waals surface area contributed by atoms with E-state index in [9.17, 15) is 4.79 Å². The van der Waals surface area contributed by atoms with Crippen LogP contribution in [0.2, 0.25) is 0 Å². The zero-order chi connectivity index (χ0) is 15.5. The summed E-state index contributed by atoms with van der Waals surface area (Å²) in [6.07, 6.45) is 3.07. The van der Waals surface area contributed by atoms with E-state index < -0.39 is 5.91 Å². The van der Waals surface area contributed by atoms with Crippen molar-refractivity contribution < 1.29 is 4.79 Å². The molecular weight excluding hydrogens is 278 g/mol. The van der Waals surface area contributed by atoms with Crippen molar-refractivity contribution in [1.29, 1.82) is 0 Å². The summed E-state index contributed by atoms with van der Waals surface area (Å²) in [6, 6.07) is 8.40. The first-order valence-corrected chi connectivity index (χ1v) is 7.32. The highest BCUT2D eigenvalue weighted by atomic mass is 16.1. The molecule has 1 fully saturated rings. The van der Waals surface area contributed by atoms with E-state index in [4.69, 9.17) is 5.73 Å². The molecule has 114 valence electrons. The van der Waals surface area contributed by atoms with Gasteiger partial charge in [-0.15, -0.1) is 0 Å². The lowest BCUT2D eigenvalue weighted by Gasteiger charge is -2.37. The minimum atomic E-state index is -0.548. The molecule has 2 N–H and O–H groups in total. The highest BCUT2D eigenvalue weighted by Gasteiger charge is 2.20. The lowest BCUT2D eigenvalue weighted by Crippen LogP contribution is -2.47. The molecular formula is C16H19N5O. The first kappa shape index (κ1) is 14.3. The van der Waals surface area contributed by atoms with Crippen LogP contribution in [0.4, 0.5) is 11.5 Å². The fourth-order valence-electron chi connectivity index (χ4n) is 2.72. The van der Waals surface area contributed by atoms with Crippen LogP contribution in [0.3, 0.4) is 0 Å². The van der Waals surface area contributed by atoms with E-state index in [1.54, 1.807) is 6.20 Å². The Morgan fingerprint density at radius 3 is 2.45 bits per heavy atom. The topological polar surface area (TPSA) is 75.3 Å². The molecule has 6 heteroatoms. The van der Waals surface area contributed by atoms with Crippen molar-refractivity contribution >= 4 is 17.4 Å². The number of primary amides is 1. The van der Waals surface area contributed by atoms with Gasteiger partial charge in [0, 0.05) is 31.9 Å². The van der Waals surface area contributed by atoms with Crippen molar-refractivity contribution in [3.63, 3.8) is 0 Å². The van der Waals surface area contributed by atoms with Gasteiger partial charge in [0.2, 0.25) is 0 Å². The van der Waals surface area contributed by atoms with Gasteiger partial charge in [0.1, 0.15) is 11.5 Å². The van der Waals surface area contributed by atoms with Crippen LogP contribution in [-0.2, 0) is 0 Å². The van der Waals surface area contributed by atoms with Crippen molar-refractivity contribution in [3.05, 3.63) is 47.9 Å². The molecule has 0 bridgehead atoms. The Hall–Kier alpha value is -2.63. The number of amides is 1. The second kappa shape index (κ2) is 6.01. The minimum Gasteiger partial charge on any atom is -0.368 e. The molecule has 1 aromatic heterocycles. The summed E-state index contributed by atoms with van der Waals surface area (Å²) in [5, 5.41) is 0. The molecule has 0 radical (unpaired) electrons. The number of nitrogens with zero attached hydrogens (tertiary/aromatic N) is 4. The molecule has 1 aliphatic heterocycles. The SMILES string of the molecule is Cc1ccccc1N1CCN(c2cncc(C(N)=O)n2)CC1. The lowest BCUT2D eigenvalue weighted by atomic mass is 10.1. The van der Waals surface area contributed by atoms with Gasteiger partial charge in [0.25, 0.3) is 5.91 Å². The molecule has 2 aromatic rings. The average Bonchev–Trinajstić information content (AvgIpc) is 2.56. The maximum atomic E-state index is 11.2. The van der Waals surface area contributed by atoms with Crippen LogP contribution < -0.4 is 15.5 Å². The van der Waals surface area contributed by atoms with Gasteiger partial charge in [-0.05, 0) is 18.6 Å². The van der Waals surface area contributed by atoms with Gasteiger partial charge >= 0.3 is 0 Å². The molecule has 0 spiro atoms. The van der Waals surface area contributed by atoms with Crippen molar-refractivity contribution in [2.24, 2.45) is 5.73 Å². The summed E-state index contributed by atoms with van der Waals surface area (Å²) in [6.45, 7) is 5.63. The molecule has 6 nitrogen and oxygen atoms in total. The number of benzene rings is 1. The highest BCUT2D eigenvalue weighted by molar-refractivity contribution is 5.90. The Labute approximate surface area is 129 Å². The van der Waals surface area contributed by atoms with Gasteiger partial charge in [0.05, 0.1) is 12.4 Å². The van der Waals surface area contributed by atoms with Crippen LogP contribution in [0.15, 0.2) is 36.7 Å². The number of anilines is 2. The van der Waals surface area contributed by atoms with Crippen molar-refractivity contribution in [2.75, 3.05) is 36.0 Å². The van der Waals surface area contributed by atoms with E-state index in [0.29, 0.717) is 5.82 Å². The van der Waals surface area contributed by atoms with E-state index in [1.807, 2.05) is 0 Å². The number of piperazine rings is 1. The third-order valence-electron chi connectivity index (χ3n) is 3.93. The van der Waals surface area contributed by atoms with E-state index in [0.717, 1.165) is 26.2 Å². The predicted molar refractivity (Wildman–Crippen MR) is 86.2 cm³/mol. The van der Waals surface area contributed by atoms with Gasteiger partial charge in [-0.2, -0.15) is 0 Å². The molecule has 1 aliphatic rings. The third-order valence-corrected chi connectivity index (χ3v) is 3.93. The summed E-state index contributed by atoms with van der Waals surface area (Å²) in [5.74, 6) is 0.161. The number of hydrogen-bond donors (Lipinski definition) is 1. The van der Waals surface area contributed by atoms with Gasteiger partial charge in [-0.1, -0.05) is 18.2 Å². The van der Waals surface area contributed by atoms with Crippen molar-refractivity contribution in [1.82, 2.24) is 9.97 Å². The summed E-state index contributed by atoms with van der Waals surface area (Å²) in [5.41, 5.74) is 8.03. The van der Waals surface area contributed by atoms with Gasteiger partial charge in [-0.25, -0.2) is 4.98 Å². The van der Waals surface area contributed by atoms with Crippen LogP contribution >= 0.6 is 0 Å². The number of carbonyl (C=O) groups is 1. The average molecular weight is 297 g/mol. The Kier molecular flexibility index (Phi) is 3.91. The first-order valence-electron chi connectivity index (χ1n) is 7.32. The summed E-state index contributed by atoms with van der Waals surface area (Å²) in [4.78, 5) is 24.0. The second-order valence-electron chi connectivity index (χ2n) is 5.39. The van der Waals surface area contributed by atoms with Crippen LogP contribution in [0, 0.1) is 6.92 Å². The van der Waals surface area contributed by atoms with Crippen LogP contribution in [-0.4, -0.2) is 42.1 Å². The normalized spacial score (nSPS) is 15.0. The summed E-state index contributed by atoms with van der Waals surface area (Å²) >= 11 is 0. The number of aromatic nitrogens is 2. The molecule has 22 heavy (non-hydrogen) atoms. The van der Waals surface area contributed by atoms with E-state index in [2.05, 4.69) is 51.0 Å². The summed E-state index contributed by atoms with van der Waals surface area (Å²) < 4.78 is 0. The highest BCUT2D eigenvalue weighted by Crippen LogP contribution is 2.22. The third kappa shape index (κ3) is 2.86. The molecule has 3 rings (SSSR count). The Morgan fingerprint density at radius 2 is 1.77 bits per heavy atom. The number of para-hydroxylation sites is 1. The van der Waals surface area contributed by atoms with Crippen molar-refractivity contribution in [3.8, 4) is 0 Å². The molecule has 0 unspecified atom stereocenters. The molecule has 0 aliphatic carbocycles. The molecule has 1 saturated heterocycles. The maximum Gasteiger partial charge on any atom is 0.268 e. The molecule has 0 atom stereocenters. The standard InChI is InChI=1S/C16H19N5O/c1-12-4-2-3-5-14(12)20-6-8-21(9-7-20)15-11-18-10-13(19-15)16(17)22/h2-5,10-11H,6-9H2,1H3,(H2,17,22). The van der Waals surface area contributed by atoms with Crippen LogP contribution in [0.5, 0.6) is 0 Å².